The molecule has 2 N–H and O–H groups in total. The van der Waals surface area contributed by atoms with E-state index in [1.807, 2.05) is 18.2 Å². The van der Waals surface area contributed by atoms with Gasteiger partial charge in [-0.25, -0.2) is 4.99 Å². The van der Waals surface area contributed by atoms with Crippen LogP contribution < -0.4 is 10.6 Å². The molecule has 3 rings (SSSR count). The fourth-order valence-corrected chi connectivity index (χ4v) is 3.40. The molecule has 2 aromatic carbocycles. The Labute approximate surface area is 195 Å². The molecule has 0 spiro atoms. The third-order valence-corrected chi connectivity index (χ3v) is 4.85. The highest BCUT2D eigenvalue weighted by atomic mass is 127. The van der Waals surface area contributed by atoms with Gasteiger partial charge in [-0.15, -0.1) is 24.0 Å². The molecule has 29 heavy (non-hydrogen) atoms. The number of benzene rings is 2. The zero-order valence-electron chi connectivity index (χ0n) is 16.9. The summed E-state index contributed by atoms with van der Waals surface area (Å²) in [5, 5.41) is 7.42. The maximum Gasteiger partial charge on any atom is 0.191 e. The van der Waals surface area contributed by atoms with Gasteiger partial charge in [-0.05, 0) is 35.7 Å². The van der Waals surface area contributed by atoms with Crippen molar-refractivity contribution in [1.82, 2.24) is 15.5 Å². The average molecular weight is 529 g/mol. The first-order chi connectivity index (χ1) is 13.7. The molecule has 0 aliphatic carbocycles. The van der Waals surface area contributed by atoms with E-state index in [9.17, 15) is 0 Å². The van der Waals surface area contributed by atoms with Crippen molar-refractivity contribution >= 4 is 41.5 Å². The first-order valence-corrected chi connectivity index (χ1v) is 10.3. The highest BCUT2D eigenvalue weighted by Gasteiger charge is 2.10. The van der Waals surface area contributed by atoms with E-state index in [1.54, 1.807) is 0 Å². The van der Waals surface area contributed by atoms with Gasteiger partial charge in [0.05, 0.1) is 19.8 Å². The first kappa shape index (κ1) is 23.9. The molecule has 1 heterocycles. The van der Waals surface area contributed by atoms with Gasteiger partial charge in [0.2, 0.25) is 0 Å². The van der Waals surface area contributed by atoms with Crippen molar-refractivity contribution in [3.05, 3.63) is 70.2 Å². The van der Waals surface area contributed by atoms with Gasteiger partial charge in [0, 0.05) is 37.7 Å². The second-order valence-electron chi connectivity index (χ2n) is 6.89. The normalized spacial score (nSPS) is 14.9. The predicted octanol–water partition coefficient (Wildman–Crippen LogP) is 4.05. The minimum Gasteiger partial charge on any atom is -0.379 e. The number of ether oxygens (including phenoxy) is 1. The maximum atomic E-state index is 6.06. The Balaban J connectivity index is 0.00000300. The Kier molecular flexibility index (Phi) is 10.8. The lowest BCUT2D eigenvalue weighted by molar-refractivity contribution is 0.0342. The van der Waals surface area contributed by atoms with Crippen LogP contribution >= 0.6 is 35.6 Å². The quantitative estimate of drug-likeness (QED) is 0.324. The van der Waals surface area contributed by atoms with Gasteiger partial charge in [0.25, 0.3) is 0 Å². The highest BCUT2D eigenvalue weighted by Crippen LogP contribution is 2.12. The number of guanidine groups is 1. The monoisotopic (exact) mass is 528 g/mol. The summed E-state index contributed by atoms with van der Waals surface area (Å²) in [5.41, 5.74) is 3.67. The van der Waals surface area contributed by atoms with E-state index in [0.717, 1.165) is 55.9 Å². The van der Waals surface area contributed by atoms with Gasteiger partial charge in [-0.3, -0.25) is 4.90 Å². The Morgan fingerprint density at radius 1 is 1.03 bits per heavy atom. The molecule has 5 nitrogen and oxygen atoms in total. The number of halogens is 2. The molecule has 2 aromatic rings. The van der Waals surface area contributed by atoms with Gasteiger partial charge >= 0.3 is 0 Å². The fourth-order valence-electron chi connectivity index (χ4n) is 3.19. The van der Waals surface area contributed by atoms with Crippen molar-refractivity contribution in [2.45, 2.75) is 26.6 Å². The summed E-state index contributed by atoms with van der Waals surface area (Å²) >= 11 is 6.06. The van der Waals surface area contributed by atoms with Gasteiger partial charge in [0.15, 0.2) is 5.96 Å². The first-order valence-electron chi connectivity index (χ1n) is 9.87. The summed E-state index contributed by atoms with van der Waals surface area (Å²) in [7, 11) is 0. The van der Waals surface area contributed by atoms with Gasteiger partial charge in [0.1, 0.15) is 0 Å². The molecule has 1 fully saturated rings. The molecule has 0 atom stereocenters. The van der Waals surface area contributed by atoms with Gasteiger partial charge < -0.3 is 15.4 Å². The van der Waals surface area contributed by atoms with E-state index >= 15 is 0 Å². The Morgan fingerprint density at radius 3 is 2.52 bits per heavy atom. The molecule has 0 saturated carbocycles. The summed E-state index contributed by atoms with van der Waals surface area (Å²) in [4.78, 5) is 7.17. The second kappa shape index (κ2) is 13.1. The summed E-state index contributed by atoms with van der Waals surface area (Å²) in [6, 6.07) is 16.5. The van der Waals surface area contributed by atoms with E-state index in [-0.39, 0.29) is 24.0 Å². The van der Waals surface area contributed by atoms with Gasteiger partial charge in [-0.1, -0.05) is 48.0 Å². The third kappa shape index (κ3) is 8.50. The molecule has 0 amide bonds. The molecule has 0 radical (unpaired) electrons. The molecule has 1 aliphatic rings. The standard InChI is InChI=1S/C22H29ClN4O.HI/c1-2-24-22(26-16-19-6-4-8-21(23)14-19)25-15-18-5-3-7-20(13-18)17-27-9-11-28-12-10-27;/h3-8,13-14H,2,9-12,15-17H2,1H3,(H2,24,25,26);1H. The van der Waals surface area contributed by atoms with Crippen molar-refractivity contribution in [2.75, 3.05) is 32.8 Å². The van der Waals surface area contributed by atoms with Crippen LogP contribution in [0.1, 0.15) is 23.6 Å². The molecular formula is C22H30ClIN4O. The van der Waals surface area contributed by atoms with Crippen LogP contribution in [0.3, 0.4) is 0 Å². The Morgan fingerprint density at radius 2 is 1.76 bits per heavy atom. The molecule has 158 valence electrons. The number of aliphatic imine (C=N–C) groups is 1. The largest absolute Gasteiger partial charge is 0.379 e. The van der Waals surface area contributed by atoms with Crippen LogP contribution in [0.4, 0.5) is 0 Å². The van der Waals surface area contributed by atoms with Crippen LogP contribution in [-0.2, 0) is 24.4 Å². The predicted molar refractivity (Wildman–Crippen MR) is 131 cm³/mol. The van der Waals surface area contributed by atoms with Crippen LogP contribution in [0.2, 0.25) is 5.02 Å². The Hall–Kier alpha value is -1.35. The third-order valence-electron chi connectivity index (χ3n) is 4.61. The fraction of sp³-hybridized carbons (Fsp3) is 0.409. The minimum absolute atomic E-state index is 0. The lowest BCUT2D eigenvalue weighted by Crippen LogP contribution is -2.36. The maximum absolute atomic E-state index is 6.06. The average Bonchev–Trinajstić information content (AvgIpc) is 2.71. The van der Waals surface area contributed by atoms with Crippen LogP contribution in [0.25, 0.3) is 0 Å². The number of nitrogens with zero attached hydrogens (tertiary/aromatic N) is 2. The molecule has 0 bridgehead atoms. The SMILES string of the molecule is CCNC(=NCc1cccc(CN2CCOCC2)c1)NCc1cccc(Cl)c1.I. The van der Waals surface area contributed by atoms with Gasteiger partial charge in [-0.2, -0.15) is 0 Å². The zero-order valence-corrected chi connectivity index (χ0v) is 20.0. The second-order valence-corrected chi connectivity index (χ2v) is 7.32. The number of rotatable bonds is 7. The van der Waals surface area contributed by atoms with E-state index in [0.29, 0.717) is 13.1 Å². The van der Waals surface area contributed by atoms with E-state index in [2.05, 4.69) is 52.8 Å². The summed E-state index contributed by atoms with van der Waals surface area (Å²) in [6.45, 7) is 8.83. The van der Waals surface area contributed by atoms with Crippen LogP contribution in [0.5, 0.6) is 0 Å². The van der Waals surface area contributed by atoms with Crippen molar-refractivity contribution in [3.63, 3.8) is 0 Å². The minimum atomic E-state index is 0. The zero-order chi connectivity index (χ0) is 19.6. The van der Waals surface area contributed by atoms with E-state index in [1.165, 1.54) is 11.1 Å². The lowest BCUT2D eigenvalue weighted by Gasteiger charge is -2.26. The summed E-state index contributed by atoms with van der Waals surface area (Å²) in [5.74, 6) is 0.807. The van der Waals surface area contributed by atoms with Crippen LogP contribution in [0.15, 0.2) is 53.5 Å². The van der Waals surface area contributed by atoms with Crippen molar-refractivity contribution in [2.24, 2.45) is 4.99 Å². The smallest absolute Gasteiger partial charge is 0.191 e. The number of nitrogens with one attached hydrogen (secondary N) is 2. The Bertz CT molecular complexity index is 781. The van der Waals surface area contributed by atoms with Crippen LogP contribution in [0, 0.1) is 0 Å². The van der Waals surface area contributed by atoms with Crippen LogP contribution in [-0.4, -0.2) is 43.7 Å². The van der Waals surface area contributed by atoms with Crippen molar-refractivity contribution in [3.8, 4) is 0 Å². The molecule has 1 saturated heterocycles. The topological polar surface area (TPSA) is 48.9 Å². The highest BCUT2D eigenvalue weighted by molar-refractivity contribution is 14.0. The lowest BCUT2D eigenvalue weighted by atomic mass is 10.1. The molecule has 0 aromatic heterocycles. The number of hydrogen-bond donors (Lipinski definition) is 2. The molecule has 1 aliphatic heterocycles. The van der Waals surface area contributed by atoms with E-state index in [4.69, 9.17) is 21.3 Å². The molecule has 7 heteroatoms. The van der Waals surface area contributed by atoms with Crippen molar-refractivity contribution in [1.29, 1.82) is 0 Å². The molecule has 0 unspecified atom stereocenters. The van der Waals surface area contributed by atoms with Crippen molar-refractivity contribution < 1.29 is 4.74 Å². The molecular weight excluding hydrogens is 499 g/mol. The summed E-state index contributed by atoms with van der Waals surface area (Å²) in [6.07, 6.45) is 0. The number of hydrogen-bond acceptors (Lipinski definition) is 3. The number of morpholine rings is 1. The van der Waals surface area contributed by atoms with E-state index < -0.39 is 0 Å². The summed E-state index contributed by atoms with van der Waals surface area (Å²) < 4.78 is 5.43.